The highest BCUT2D eigenvalue weighted by molar-refractivity contribution is 6.08. The van der Waals surface area contributed by atoms with E-state index in [0.717, 1.165) is 31.2 Å². The van der Waals surface area contributed by atoms with Gasteiger partial charge in [-0.25, -0.2) is 9.97 Å². The van der Waals surface area contributed by atoms with Crippen molar-refractivity contribution in [1.29, 1.82) is 0 Å². The molecule has 37 heavy (non-hydrogen) atoms. The molecule has 1 aliphatic carbocycles. The van der Waals surface area contributed by atoms with Crippen molar-refractivity contribution < 1.29 is 28.5 Å². The van der Waals surface area contributed by atoms with Gasteiger partial charge in [-0.3, -0.25) is 9.59 Å². The molecule has 3 N–H and O–H groups in total. The quantitative estimate of drug-likeness (QED) is 0.334. The number of H-pyrrole nitrogens is 1. The van der Waals surface area contributed by atoms with Gasteiger partial charge in [0.15, 0.2) is 0 Å². The lowest BCUT2D eigenvalue weighted by Crippen LogP contribution is -2.44. The van der Waals surface area contributed by atoms with Gasteiger partial charge in [0.05, 0.1) is 24.8 Å². The SMILES string of the molecule is COCCOc1cc(OC)ccc1-c1ncnc2c(C(=O)N[C@H]3CC[C@@H](NC(=O)COC)CC3)c[nH]c12. The molecule has 198 valence electrons. The largest absolute Gasteiger partial charge is 0.497 e. The van der Waals surface area contributed by atoms with E-state index in [4.69, 9.17) is 18.9 Å². The van der Waals surface area contributed by atoms with Gasteiger partial charge in [0, 0.05) is 44.1 Å². The zero-order valence-corrected chi connectivity index (χ0v) is 21.3. The predicted octanol–water partition coefficient (Wildman–Crippen LogP) is 2.46. The molecule has 2 amide bonds. The number of amides is 2. The van der Waals surface area contributed by atoms with Gasteiger partial charge in [0.25, 0.3) is 5.91 Å². The third-order valence-corrected chi connectivity index (χ3v) is 6.40. The lowest BCUT2D eigenvalue weighted by molar-refractivity contribution is -0.125. The molecule has 2 heterocycles. The minimum absolute atomic E-state index is 0.0247. The van der Waals surface area contributed by atoms with Crippen molar-refractivity contribution in [3.05, 3.63) is 36.3 Å². The van der Waals surface area contributed by atoms with Crippen LogP contribution in [0.15, 0.2) is 30.7 Å². The number of nitrogens with one attached hydrogen (secondary N) is 3. The third-order valence-electron chi connectivity index (χ3n) is 6.40. The minimum Gasteiger partial charge on any atom is -0.497 e. The van der Waals surface area contributed by atoms with Crippen LogP contribution in [0.3, 0.4) is 0 Å². The van der Waals surface area contributed by atoms with Crippen LogP contribution in [0, 0.1) is 0 Å². The molecule has 1 saturated carbocycles. The molecule has 4 rings (SSSR count). The van der Waals surface area contributed by atoms with E-state index < -0.39 is 0 Å². The number of nitrogens with zero attached hydrogens (tertiary/aromatic N) is 2. The maximum atomic E-state index is 13.2. The monoisotopic (exact) mass is 511 g/mol. The average molecular weight is 512 g/mol. The topological polar surface area (TPSA) is 137 Å². The second-order valence-electron chi connectivity index (χ2n) is 8.87. The maximum absolute atomic E-state index is 13.2. The highest BCUT2D eigenvalue weighted by Crippen LogP contribution is 2.36. The molecule has 0 aliphatic heterocycles. The Kier molecular flexibility index (Phi) is 8.91. The second kappa shape index (κ2) is 12.5. The van der Waals surface area contributed by atoms with E-state index in [1.54, 1.807) is 26.5 Å². The number of aromatic amines is 1. The van der Waals surface area contributed by atoms with Crippen LogP contribution < -0.4 is 20.1 Å². The molecule has 0 spiro atoms. The number of benzene rings is 1. The number of carbonyl (C=O) groups excluding carboxylic acids is 2. The number of methoxy groups -OCH3 is 3. The van der Waals surface area contributed by atoms with Crippen LogP contribution in [0.4, 0.5) is 0 Å². The van der Waals surface area contributed by atoms with E-state index >= 15 is 0 Å². The number of ether oxygens (including phenoxy) is 4. The molecule has 0 unspecified atom stereocenters. The molecule has 0 bridgehead atoms. The lowest BCUT2D eigenvalue weighted by atomic mass is 9.91. The zero-order valence-electron chi connectivity index (χ0n) is 21.3. The van der Waals surface area contributed by atoms with Gasteiger partial charge >= 0.3 is 0 Å². The van der Waals surface area contributed by atoms with Gasteiger partial charge in [0.2, 0.25) is 5.91 Å². The first-order valence-electron chi connectivity index (χ1n) is 12.3. The lowest BCUT2D eigenvalue weighted by Gasteiger charge is -2.29. The van der Waals surface area contributed by atoms with Gasteiger partial charge in [-0.05, 0) is 37.8 Å². The summed E-state index contributed by atoms with van der Waals surface area (Å²) in [5.74, 6) is 0.926. The third kappa shape index (κ3) is 6.36. The van der Waals surface area contributed by atoms with Crippen molar-refractivity contribution in [2.24, 2.45) is 0 Å². The molecule has 0 saturated heterocycles. The van der Waals surface area contributed by atoms with Gasteiger partial charge < -0.3 is 34.6 Å². The minimum atomic E-state index is -0.200. The fraction of sp³-hybridized carbons (Fsp3) is 0.462. The van der Waals surface area contributed by atoms with Crippen LogP contribution in [-0.2, 0) is 14.3 Å². The number of hydrogen-bond donors (Lipinski definition) is 3. The molecule has 1 aromatic carbocycles. The van der Waals surface area contributed by atoms with Crippen LogP contribution >= 0.6 is 0 Å². The van der Waals surface area contributed by atoms with Gasteiger partial charge in [0.1, 0.15) is 42.3 Å². The standard InChI is InChI=1S/C26H33N5O6/c1-34-10-11-37-21-12-18(36-3)8-9-19(21)23-25-24(29-15-28-23)20(13-27-25)26(33)31-17-6-4-16(5-7-17)30-22(32)14-35-2/h8-9,12-13,15-17,27H,4-7,10-11,14H2,1-3H3,(H,30,32)(H,31,33)/t16-,17+. The van der Waals surface area contributed by atoms with Gasteiger partial charge in [-0.2, -0.15) is 0 Å². The Morgan fingerprint density at radius 2 is 1.76 bits per heavy atom. The number of carbonyl (C=O) groups is 2. The van der Waals surface area contributed by atoms with E-state index in [-0.39, 0.29) is 30.5 Å². The maximum Gasteiger partial charge on any atom is 0.255 e. The summed E-state index contributed by atoms with van der Waals surface area (Å²) in [7, 11) is 4.70. The molecule has 3 aromatic rings. The number of rotatable bonds is 11. The Morgan fingerprint density at radius 1 is 1.00 bits per heavy atom. The van der Waals surface area contributed by atoms with Gasteiger partial charge in [-0.15, -0.1) is 0 Å². The summed E-state index contributed by atoms with van der Waals surface area (Å²) in [6, 6.07) is 5.62. The summed E-state index contributed by atoms with van der Waals surface area (Å²) in [6.45, 7) is 0.851. The van der Waals surface area contributed by atoms with Crippen LogP contribution in [0.25, 0.3) is 22.3 Å². The zero-order chi connectivity index (χ0) is 26.2. The molecule has 0 atom stereocenters. The molecule has 1 aliphatic rings. The van der Waals surface area contributed by atoms with E-state index in [9.17, 15) is 9.59 Å². The predicted molar refractivity (Wildman–Crippen MR) is 137 cm³/mol. The molecule has 11 heteroatoms. The molecular formula is C26H33N5O6. The molecule has 2 aromatic heterocycles. The molecular weight excluding hydrogens is 478 g/mol. The van der Waals surface area contributed by atoms with E-state index in [1.165, 1.54) is 13.4 Å². The first-order valence-corrected chi connectivity index (χ1v) is 12.3. The average Bonchev–Trinajstić information content (AvgIpc) is 3.35. The van der Waals surface area contributed by atoms with Crippen molar-refractivity contribution >= 4 is 22.8 Å². The fourth-order valence-electron chi connectivity index (χ4n) is 4.54. The summed E-state index contributed by atoms with van der Waals surface area (Å²) in [5, 5.41) is 6.09. The van der Waals surface area contributed by atoms with E-state index in [1.807, 2.05) is 12.1 Å². The molecule has 0 radical (unpaired) electrons. The summed E-state index contributed by atoms with van der Waals surface area (Å²) in [6.07, 6.45) is 6.25. The highest BCUT2D eigenvalue weighted by atomic mass is 16.5. The van der Waals surface area contributed by atoms with E-state index in [0.29, 0.717) is 47.0 Å². The Hall–Kier alpha value is -3.70. The summed E-state index contributed by atoms with van der Waals surface area (Å²) >= 11 is 0. The fourth-order valence-corrected chi connectivity index (χ4v) is 4.54. The van der Waals surface area contributed by atoms with E-state index in [2.05, 4.69) is 25.6 Å². The normalized spacial score (nSPS) is 17.4. The Morgan fingerprint density at radius 3 is 2.46 bits per heavy atom. The van der Waals surface area contributed by atoms with Crippen LogP contribution in [0.5, 0.6) is 11.5 Å². The molecule has 11 nitrogen and oxygen atoms in total. The Labute approximate surface area is 215 Å². The van der Waals surface area contributed by atoms with Gasteiger partial charge in [-0.1, -0.05) is 0 Å². The first-order chi connectivity index (χ1) is 18.0. The van der Waals surface area contributed by atoms with Crippen molar-refractivity contribution in [3.8, 4) is 22.8 Å². The van der Waals surface area contributed by atoms with Crippen LogP contribution in [-0.4, -0.2) is 80.0 Å². The second-order valence-corrected chi connectivity index (χ2v) is 8.87. The summed E-state index contributed by atoms with van der Waals surface area (Å²) in [5.41, 5.74) is 2.98. The first kappa shape index (κ1) is 26.4. The molecule has 1 fully saturated rings. The van der Waals surface area contributed by atoms with Crippen LogP contribution in [0.1, 0.15) is 36.0 Å². The van der Waals surface area contributed by atoms with Crippen LogP contribution in [0.2, 0.25) is 0 Å². The number of hydrogen-bond acceptors (Lipinski definition) is 8. The number of aromatic nitrogens is 3. The van der Waals surface area contributed by atoms with Crippen molar-refractivity contribution in [2.75, 3.05) is 41.2 Å². The highest BCUT2D eigenvalue weighted by Gasteiger charge is 2.25. The Bertz CT molecular complexity index is 1220. The number of fused-ring (bicyclic) bond motifs is 1. The summed E-state index contributed by atoms with van der Waals surface area (Å²) in [4.78, 5) is 37.0. The van der Waals surface area contributed by atoms with Crippen molar-refractivity contribution in [2.45, 2.75) is 37.8 Å². The van der Waals surface area contributed by atoms with Crippen molar-refractivity contribution in [3.63, 3.8) is 0 Å². The Balaban J connectivity index is 1.49. The van der Waals surface area contributed by atoms with Crippen molar-refractivity contribution in [1.82, 2.24) is 25.6 Å². The summed E-state index contributed by atoms with van der Waals surface area (Å²) < 4.78 is 21.3. The smallest absolute Gasteiger partial charge is 0.255 e.